The van der Waals surface area contributed by atoms with Gasteiger partial charge in [0.15, 0.2) is 0 Å². The van der Waals surface area contributed by atoms with Gasteiger partial charge in [0.05, 0.1) is 4.47 Å². The number of rotatable bonds is 1. The normalized spacial score (nSPS) is 13.1. The van der Waals surface area contributed by atoms with Gasteiger partial charge in [0.2, 0.25) is 0 Å². The Morgan fingerprint density at radius 1 is 1.38 bits per heavy atom. The van der Waals surface area contributed by atoms with Gasteiger partial charge >= 0.3 is 0 Å². The number of phenolic OH excluding ortho intramolecular Hbond substituents is 1. The van der Waals surface area contributed by atoms with Gasteiger partial charge in [-0.3, -0.25) is 0 Å². The van der Waals surface area contributed by atoms with Gasteiger partial charge in [0.1, 0.15) is 11.6 Å². The van der Waals surface area contributed by atoms with Gasteiger partial charge in [-0.05, 0) is 33.5 Å². The maximum Gasteiger partial charge on any atom is 0.137 e. The first-order valence-corrected chi connectivity index (χ1v) is 5.47. The molecule has 3 N–H and O–H groups in total. The topological polar surface area (TPSA) is 46.2 Å². The van der Waals surface area contributed by atoms with E-state index in [4.69, 9.17) is 5.73 Å². The van der Waals surface area contributed by atoms with Crippen LogP contribution in [0.3, 0.4) is 0 Å². The summed E-state index contributed by atoms with van der Waals surface area (Å²) in [7, 11) is 0. The van der Waals surface area contributed by atoms with Crippen molar-refractivity contribution in [2.75, 3.05) is 0 Å². The summed E-state index contributed by atoms with van der Waals surface area (Å²) >= 11 is 3.14. The summed E-state index contributed by atoms with van der Waals surface area (Å²) in [4.78, 5) is 0. The lowest BCUT2D eigenvalue weighted by Crippen LogP contribution is -2.27. The third kappa shape index (κ3) is 3.09. The minimum atomic E-state index is -0.546. The zero-order chi connectivity index (χ0) is 11.8. The van der Waals surface area contributed by atoms with Crippen LogP contribution in [0, 0.1) is 11.2 Å². The van der Waals surface area contributed by atoms with Crippen LogP contribution in [0.25, 0.3) is 0 Å². The van der Waals surface area contributed by atoms with Crippen LogP contribution in [0.2, 0.25) is 0 Å². The van der Waals surface area contributed by atoms with E-state index in [1.165, 1.54) is 12.1 Å². The Hall–Kier alpha value is -0.320. The van der Waals surface area contributed by atoms with E-state index in [-0.39, 0.29) is 29.1 Å². The molecule has 2 nitrogen and oxygen atoms in total. The van der Waals surface area contributed by atoms with Crippen molar-refractivity contribution in [3.63, 3.8) is 0 Å². The fourth-order valence-corrected chi connectivity index (χ4v) is 1.63. The highest BCUT2D eigenvalue weighted by molar-refractivity contribution is 9.10. The van der Waals surface area contributed by atoms with Crippen LogP contribution in [0.15, 0.2) is 16.6 Å². The highest BCUT2D eigenvalue weighted by atomic mass is 79.9. The van der Waals surface area contributed by atoms with Crippen LogP contribution in [0.5, 0.6) is 5.75 Å². The highest BCUT2D eigenvalue weighted by Gasteiger charge is 2.28. The summed E-state index contributed by atoms with van der Waals surface area (Å²) in [5.74, 6) is -0.587. The molecule has 0 unspecified atom stereocenters. The summed E-state index contributed by atoms with van der Waals surface area (Å²) in [5, 5.41) is 9.75. The lowest BCUT2D eigenvalue weighted by Gasteiger charge is -2.28. The number of hydrogen-bond acceptors (Lipinski definition) is 2. The number of phenols is 1. The Balaban J connectivity index is 0.00000225. The van der Waals surface area contributed by atoms with E-state index >= 15 is 0 Å². The van der Waals surface area contributed by atoms with Crippen molar-refractivity contribution in [1.82, 2.24) is 0 Å². The summed E-state index contributed by atoms with van der Waals surface area (Å²) in [6.07, 6.45) is 0. The first-order valence-electron chi connectivity index (χ1n) is 4.67. The smallest absolute Gasteiger partial charge is 0.137 e. The van der Waals surface area contributed by atoms with E-state index in [2.05, 4.69) is 15.9 Å². The van der Waals surface area contributed by atoms with Gasteiger partial charge in [-0.2, -0.15) is 0 Å². The number of benzene rings is 1. The molecular formula is C11H16BrClFNO. The first-order chi connectivity index (χ1) is 6.75. The molecule has 1 aromatic rings. The van der Waals surface area contributed by atoms with Crippen molar-refractivity contribution in [3.05, 3.63) is 28.0 Å². The second kappa shape index (κ2) is 5.34. The van der Waals surface area contributed by atoms with Crippen LogP contribution < -0.4 is 5.73 Å². The maximum atomic E-state index is 13.6. The fourth-order valence-electron chi connectivity index (χ4n) is 1.29. The molecule has 16 heavy (non-hydrogen) atoms. The molecule has 0 aromatic heterocycles. The van der Waals surface area contributed by atoms with E-state index in [1.54, 1.807) is 0 Å². The lowest BCUT2D eigenvalue weighted by atomic mass is 9.82. The number of hydrogen-bond donors (Lipinski definition) is 2. The molecule has 0 aliphatic carbocycles. The number of nitrogens with two attached hydrogens (primary N) is 1. The molecule has 0 aliphatic rings. The van der Waals surface area contributed by atoms with Gasteiger partial charge in [-0.15, -0.1) is 12.4 Å². The van der Waals surface area contributed by atoms with Crippen LogP contribution in [0.4, 0.5) is 4.39 Å². The molecule has 0 amide bonds. The third-order valence-electron chi connectivity index (χ3n) is 2.36. The molecule has 1 rings (SSSR count). The zero-order valence-corrected chi connectivity index (χ0v) is 11.8. The summed E-state index contributed by atoms with van der Waals surface area (Å²) in [6.45, 7) is 5.70. The summed E-state index contributed by atoms with van der Waals surface area (Å²) in [6, 6.07) is 2.21. The minimum Gasteiger partial charge on any atom is -0.506 e. The summed E-state index contributed by atoms with van der Waals surface area (Å²) < 4.78 is 14.0. The lowest BCUT2D eigenvalue weighted by molar-refractivity contribution is 0.308. The Morgan fingerprint density at radius 3 is 2.31 bits per heavy atom. The Morgan fingerprint density at radius 2 is 1.88 bits per heavy atom. The van der Waals surface area contributed by atoms with Crippen LogP contribution in [-0.2, 0) is 0 Å². The molecule has 0 aliphatic heterocycles. The van der Waals surface area contributed by atoms with E-state index in [9.17, 15) is 9.50 Å². The SMILES string of the molecule is CC(C)(C)[C@@H](N)c1c(F)ccc(Br)c1O.Cl. The highest BCUT2D eigenvalue weighted by Crippen LogP contribution is 2.39. The second-order valence-corrected chi connectivity index (χ2v) is 5.49. The van der Waals surface area contributed by atoms with E-state index < -0.39 is 11.9 Å². The van der Waals surface area contributed by atoms with Crippen molar-refractivity contribution in [2.24, 2.45) is 11.1 Å². The Kier molecular flexibility index (Phi) is 5.23. The summed E-state index contributed by atoms with van der Waals surface area (Å²) in [5.41, 5.74) is 5.78. The van der Waals surface area contributed by atoms with Gasteiger partial charge in [0.25, 0.3) is 0 Å². The molecule has 0 bridgehead atoms. The quantitative estimate of drug-likeness (QED) is 0.829. The average molecular weight is 313 g/mol. The van der Waals surface area contributed by atoms with Crippen molar-refractivity contribution < 1.29 is 9.50 Å². The molecule has 5 heteroatoms. The van der Waals surface area contributed by atoms with Crippen LogP contribution in [-0.4, -0.2) is 5.11 Å². The van der Waals surface area contributed by atoms with Gasteiger partial charge in [-0.25, -0.2) is 4.39 Å². The molecule has 1 atom stereocenters. The fraction of sp³-hybridized carbons (Fsp3) is 0.455. The minimum absolute atomic E-state index is 0. The standard InChI is InChI=1S/C11H15BrFNO.ClH/c1-11(2,3)10(14)8-7(13)5-4-6(12)9(8)15;/h4-5,10,15H,14H2,1-3H3;1H/t10-;/m0./s1. The Bertz CT molecular complexity index is 379. The van der Waals surface area contributed by atoms with Crippen molar-refractivity contribution in [1.29, 1.82) is 0 Å². The molecule has 0 spiro atoms. The van der Waals surface area contributed by atoms with Gasteiger partial charge in [0, 0.05) is 11.6 Å². The largest absolute Gasteiger partial charge is 0.506 e. The van der Waals surface area contributed by atoms with Gasteiger partial charge < -0.3 is 10.8 Å². The molecule has 0 heterocycles. The number of halogens is 3. The average Bonchev–Trinajstić information content (AvgIpc) is 2.10. The number of aromatic hydroxyl groups is 1. The maximum absolute atomic E-state index is 13.6. The van der Waals surface area contributed by atoms with E-state index in [1.807, 2.05) is 20.8 Å². The van der Waals surface area contributed by atoms with Crippen LogP contribution in [0.1, 0.15) is 32.4 Å². The van der Waals surface area contributed by atoms with E-state index in [0.29, 0.717) is 4.47 Å². The zero-order valence-electron chi connectivity index (χ0n) is 9.42. The Labute approximate surface area is 110 Å². The van der Waals surface area contributed by atoms with Crippen molar-refractivity contribution >= 4 is 28.3 Å². The molecular weight excluding hydrogens is 296 g/mol. The molecule has 0 radical (unpaired) electrons. The van der Waals surface area contributed by atoms with Crippen molar-refractivity contribution in [2.45, 2.75) is 26.8 Å². The van der Waals surface area contributed by atoms with Crippen molar-refractivity contribution in [3.8, 4) is 5.75 Å². The van der Waals surface area contributed by atoms with Gasteiger partial charge in [-0.1, -0.05) is 20.8 Å². The van der Waals surface area contributed by atoms with E-state index in [0.717, 1.165) is 0 Å². The molecule has 0 fully saturated rings. The molecule has 0 saturated heterocycles. The first kappa shape index (κ1) is 15.7. The monoisotopic (exact) mass is 311 g/mol. The second-order valence-electron chi connectivity index (χ2n) is 4.64. The molecule has 0 saturated carbocycles. The molecule has 92 valence electrons. The van der Waals surface area contributed by atoms with Crippen LogP contribution >= 0.6 is 28.3 Å². The predicted molar refractivity (Wildman–Crippen MR) is 69.4 cm³/mol. The molecule has 1 aromatic carbocycles. The third-order valence-corrected chi connectivity index (χ3v) is 3.00. The predicted octanol–water partition coefficient (Wildman–Crippen LogP) is 3.76.